The van der Waals surface area contributed by atoms with Crippen molar-refractivity contribution in [2.24, 2.45) is 0 Å². The highest BCUT2D eigenvalue weighted by Crippen LogP contribution is 2.26. The van der Waals surface area contributed by atoms with Crippen LogP contribution in [0.4, 0.5) is 0 Å². The molecule has 1 fully saturated rings. The van der Waals surface area contributed by atoms with Crippen LogP contribution in [0.5, 0.6) is 0 Å². The van der Waals surface area contributed by atoms with Crippen molar-refractivity contribution in [3.05, 3.63) is 64.7 Å². The molecular formula is C20H21ClN2O2S. The lowest BCUT2D eigenvalue weighted by Crippen LogP contribution is -2.27. The van der Waals surface area contributed by atoms with Crippen LogP contribution in [-0.4, -0.2) is 35.6 Å². The third-order valence-corrected chi connectivity index (χ3v) is 5.79. The van der Waals surface area contributed by atoms with Gasteiger partial charge in [-0.15, -0.1) is 11.8 Å². The van der Waals surface area contributed by atoms with Gasteiger partial charge in [0.25, 0.3) is 5.91 Å². The molecule has 26 heavy (non-hydrogen) atoms. The number of nitrogens with zero attached hydrogens (tertiary/aromatic N) is 1. The van der Waals surface area contributed by atoms with Crippen molar-refractivity contribution < 1.29 is 9.59 Å². The standard InChI is InChI=1S/C20H21ClN2O2S/c21-17-5-1-2-6-18(17)26-14-19(24)22-13-15-7-9-16(10-8-15)20(25)23-11-3-4-12-23/h1-2,5-10H,3-4,11-14H2,(H,22,24). The van der Waals surface area contributed by atoms with Crippen LogP contribution in [0.3, 0.4) is 0 Å². The highest BCUT2D eigenvalue weighted by atomic mass is 35.5. The average molecular weight is 389 g/mol. The number of carbonyl (C=O) groups excluding carboxylic acids is 2. The van der Waals surface area contributed by atoms with Gasteiger partial charge in [-0.05, 0) is 42.7 Å². The van der Waals surface area contributed by atoms with E-state index in [1.807, 2.05) is 53.4 Å². The fourth-order valence-corrected chi connectivity index (χ4v) is 3.89. The van der Waals surface area contributed by atoms with Crippen LogP contribution in [0.1, 0.15) is 28.8 Å². The van der Waals surface area contributed by atoms with Crippen molar-refractivity contribution in [3.63, 3.8) is 0 Å². The number of carbonyl (C=O) groups is 2. The molecule has 1 saturated heterocycles. The minimum Gasteiger partial charge on any atom is -0.351 e. The van der Waals surface area contributed by atoms with E-state index >= 15 is 0 Å². The number of benzene rings is 2. The number of halogens is 1. The summed E-state index contributed by atoms with van der Waals surface area (Å²) in [6.45, 7) is 2.14. The SMILES string of the molecule is O=C(CSc1ccccc1Cl)NCc1ccc(C(=O)N2CCCC2)cc1. The second kappa shape index (κ2) is 9.10. The molecule has 2 aromatic carbocycles. The maximum absolute atomic E-state index is 12.3. The lowest BCUT2D eigenvalue weighted by molar-refractivity contribution is -0.118. The van der Waals surface area contributed by atoms with E-state index in [0.717, 1.165) is 36.4 Å². The van der Waals surface area contributed by atoms with Gasteiger partial charge < -0.3 is 10.2 Å². The Bertz CT molecular complexity index is 774. The molecule has 2 amide bonds. The van der Waals surface area contributed by atoms with Gasteiger partial charge in [0, 0.05) is 30.1 Å². The summed E-state index contributed by atoms with van der Waals surface area (Å²) in [7, 11) is 0. The Morgan fingerprint density at radius 1 is 1.04 bits per heavy atom. The fourth-order valence-electron chi connectivity index (χ4n) is 2.82. The van der Waals surface area contributed by atoms with Gasteiger partial charge in [0.1, 0.15) is 0 Å². The monoisotopic (exact) mass is 388 g/mol. The van der Waals surface area contributed by atoms with Crippen LogP contribution in [0.15, 0.2) is 53.4 Å². The Morgan fingerprint density at radius 2 is 1.73 bits per heavy atom. The second-order valence-corrected chi connectivity index (χ2v) is 7.62. The van der Waals surface area contributed by atoms with Crippen molar-refractivity contribution in [1.29, 1.82) is 0 Å². The van der Waals surface area contributed by atoms with Gasteiger partial charge >= 0.3 is 0 Å². The lowest BCUT2D eigenvalue weighted by atomic mass is 10.1. The summed E-state index contributed by atoms with van der Waals surface area (Å²) in [6, 6.07) is 14.9. The van der Waals surface area contributed by atoms with Crippen LogP contribution in [-0.2, 0) is 11.3 Å². The fraction of sp³-hybridized carbons (Fsp3) is 0.300. The molecular weight excluding hydrogens is 368 g/mol. The normalized spacial score (nSPS) is 13.7. The molecule has 0 radical (unpaired) electrons. The zero-order valence-electron chi connectivity index (χ0n) is 14.4. The molecule has 0 atom stereocenters. The van der Waals surface area contributed by atoms with Crippen LogP contribution >= 0.6 is 23.4 Å². The van der Waals surface area contributed by atoms with Gasteiger partial charge in [-0.1, -0.05) is 35.9 Å². The van der Waals surface area contributed by atoms with E-state index in [2.05, 4.69) is 5.32 Å². The molecule has 0 spiro atoms. The number of nitrogens with one attached hydrogen (secondary N) is 1. The molecule has 3 rings (SSSR count). The largest absolute Gasteiger partial charge is 0.351 e. The Kier molecular flexibility index (Phi) is 6.58. The second-order valence-electron chi connectivity index (χ2n) is 6.19. The summed E-state index contributed by atoms with van der Waals surface area (Å²) < 4.78 is 0. The molecule has 1 aliphatic heterocycles. The third kappa shape index (κ3) is 5.02. The third-order valence-electron chi connectivity index (χ3n) is 4.28. The summed E-state index contributed by atoms with van der Waals surface area (Å²) in [5, 5.41) is 3.55. The topological polar surface area (TPSA) is 49.4 Å². The Balaban J connectivity index is 1.46. The van der Waals surface area contributed by atoms with E-state index in [-0.39, 0.29) is 11.8 Å². The van der Waals surface area contributed by atoms with E-state index in [4.69, 9.17) is 11.6 Å². The maximum atomic E-state index is 12.3. The first-order valence-corrected chi connectivity index (χ1v) is 10.0. The molecule has 1 N–H and O–H groups in total. The summed E-state index contributed by atoms with van der Waals surface area (Å²) in [5.74, 6) is 0.358. The molecule has 6 heteroatoms. The molecule has 136 valence electrons. The first-order chi connectivity index (χ1) is 12.6. The van der Waals surface area contributed by atoms with Crippen LogP contribution in [0.2, 0.25) is 5.02 Å². The molecule has 2 aromatic rings. The quantitative estimate of drug-likeness (QED) is 0.761. The Labute approximate surface area is 162 Å². The predicted molar refractivity (Wildman–Crippen MR) is 106 cm³/mol. The molecule has 0 aromatic heterocycles. The van der Waals surface area contributed by atoms with E-state index in [0.29, 0.717) is 22.9 Å². The van der Waals surface area contributed by atoms with E-state index in [1.165, 1.54) is 11.8 Å². The summed E-state index contributed by atoms with van der Waals surface area (Å²) >= 11 is 7.50. The summed E-state index contributed by atoms with van der Waals surface area (Å²) in [4.78, 5) is 27.1. The van der Waals surface area contributed by atoms with Crippen molar-refractivity contribution in [2.45, 2.75) is 24.3 Å². The predicted octanol–water partition coefficient (Wildman–Crippen LogP) is 3.98. The van der Waals surface area contributed by atoms with Gasteiger partial charge in [0.05, 0.1) is 10.8 Å². The number of rotatable bonds is 6. The zero-order valence-corrected chi connectivity index (χ0v) is 16.0. The zero-order chi connectivity index (χ0) is 18.4. The minimum atomic E-state index is -0.0489. The number of amides is 2. The number of hydrogen-bond acceptors (Lipinski definition) is 3. The van der Waals surface area contributed by atoms with E-state index in [1.54, 1.807) is 0 Å². The summed E-state index contributed by atoms with van der Waals surface area (Å²) in [5.41, 5.74) is 1.68. The van der Waals surface area contributed by atoms with Gasteiger partial charge in [0.15, 0.2) is 0 Å². The molecule has 0 unspecified atom stereocenters. The summed E-state index contributed by atoms with van der Waals surface area (Å²) in [6.07, 6.45) is 2.17. The van der Waals surface area contributed by atoms with Crippen LogP contribution in [0.25, 0.3) is 0 Å². The van der Waals surface area contributed by atoms with Crippen molar-refractivity contribution >= 4 is 35.2 Å². The lowest BCUT2D eigenvalue weighted by Gasteiger charge is -2.15. The van der Waals surface area contributed by atoms with E-state index in [9.17, 15) is 9.59 Å². The van der Waals surface area contributed by atoms with Crippen LogP contribution < -0.4 is 5.32 Å². The Morgan fingerprint density at radius 3 is 2.42 bits per heavy atom. The first-order valence-electron chi connectivity index (χ1n) is 8.66. The average Bonchev–Trinajstić information content (AvgIpc) is 3.20. The number of thioether (sulfide) groups is 1. The highest BCUT2D eigenvalue weighted by Gasteiger charge is 2.19. The molecule has 0 bridgehead atoms. The molecule has 4 nitrogen and oxygen atoms in total. The highest BCUT2D eigenvalue weighted by molar-refractivity contribution is 8.00. The Hall–Kier alpha value is -1.98. The van der Waals surface area contributed by atoms with Crippen molar-refractivity contribution in [2.75, 3.05) is 18.8 Å². The van der Waals surface area contributed by atoms with E-state index < -0.39 is 0 Å². The van der Waals surface area contributed by atoms with Gasteiger partial charge in [-0.25, -0.2) is 0 Å². The molecule has 0 saturated carbocycles. The first kappa shape index (κ1) is 18.8. The molecule has 0 aliphatic carbocycles. The van der Waals surface area contributed by atoms with Crippen LogP contribution in [0, 0.1) is 0 Å². The molecule has 1 heterocycles. The van der Waals surface area contributed by atoms with Gasteiger partial charge in [-0.3, -0.25) is 9.59 Å². The number of likely N-dealkylation sites (tertiary alicyclic amines) is 1. The van der Waals surface area contributed by atoms with Crippen molar-refractivity contribution in [3.8, 4) is 0 Å². The molecule has 1 aliphatic rings. The minimum absolute atomic E-state index is 0.0489. The van der Waals surface area contributed by atoms with Gasteiger partial charge in [0.2, 0.25) is 5.91 Å². The smallest absolute Gasteiger partial charge is 0.253 e. The van der Waals surface area contributed by atoms with Crippen molar-refractivity contribution in [1.82, 2.24) is 10.2 Å². The van der Waals surface area contributed by atoms with Gasteiger partial charge in [-0.2, -0.15) is 0 Å². The number of hydrogen-bond donors (Lipinski definition) is 1. The maximum Gasteiger partial charge on any atom is 0.253 e.